The van der Waals surface area contributed by atoms with E-state index in [-0.39, 0.29) is 0 Å². The summed E-state index contributed by atoms with van der Waals surface area (Å²) in [6, 6.07) is 5.62. The Kier molecular flexibility index (Phi) is 4.21. The molecular weight excluding hydrogens is 166 g/mol. The molecule has 0 amide bonds. The van der Waals surface area contributed by atoms with Gasteiger partial charge in [-0.15, -0.1) is 0 Å². The number of hydrogen-bond donors (Lipinski definition) is 2. The van der Waals surface area contributed by atoms with Gasteiger partial charge in [0, 0.05) is 6.61 Å². The monoisotopic (exact) mass is 181 g/mol. The first kappa shape index (κ1) is 9.95. The Morgan fingerprint density at radius 1 is 1.54 bits per heavy atom. The van der Waals surface area contributed by atoms with E-state index in [4.69, 9.17) is 10.6 Å². The van der Waals surface area contributed by atoms with Gasteiger partial charge in [-0.05, 0) is 18.6 Å². The molecule has 0 atom stereocenters. The van der Waals surface area contributed by atoms with Crippen molar-refractivity contribution in [2.75, 3.05) is 12.0 Å². The second-order valence-corrected chi connectivity index (χ2v) is 2.71. The van der Waals surface area contributed by atoms with E-state index in [1.165, 1.54) is 0 Å². The van der Waals surface area contributed by atoms with Gasteiger partial charge in [0.25, 0.3) is 0 Å². The number of nitrogens with zero attached hydrogens (tertiary/aromatic N) is 1. The Hall–Kier alpha value is -1.13. The van der Waals surface area contributed by atoms with Crippen LogP contribution in [-0.2, 0) is 11.3 Å². The van der Waals surface area contributed by atoms with Crippen LogP contribution in [0.4, 0.5) is 5.82 Å². The van der Waals surface area contributed by atoms with E-state index in [1.54, 1.807) is 0 Å². The Bertz CT molecular complexity index is 252. The summed E-state index contributed by atoms with van der Waals surface area (Å²) in [5.41, 5.74) is 3.38. The lowest BCUT2D eigenvalue weighted by molar-refractivity contribution is 0.119. The molecule has 0 aliphatic rings. The Morgan fingerprint density at radius 3 is 3.08 bits per heavy atom. The molecule has 72 valence electrons. The van der Waals surface area contributed by atoms with E-state index in [0.717, 1.165) is 18.7 Å². The van der Waals surface area contributed by atoms with Gasteiger partial charge in [-0.1, -0.05) is 13.0 Å². The van der Waals surface area contributed by atoms with Crippen molar-refractivity contribution in [2.45, 2.75) is 20.0 Å². The zero-order valence-corrected chi connectivity index (χ0v) is 7.79. The van der Waals surface area contributed by atoms with Crippen LogP contribution in [0.5, 0.6) is 0 Å². The molecule has 1 aromatic rings. The lowest BCUT2D eigenvalue weighted by Gasteiger charge is -2.03. The van der Waals surface area contributed by atoms with Crippen LogP contribution in [-0.4, -0.2) is 11.6 Å². The maximum atomic E-state index is 5.34. The number of aromatic nitrogens is 1. The van der Waals surface area contributed by atoms with Crippen LogP contribution < -0.4 is 11.3 Å². The lowest BCUT2D eigenvalue weighted by Crippen LogP contribution is -2.09. The molecule has 4 heteroatoms. The zero-order valence-electron chi connectivity index (χ0n) is 7.79. The van der Waals surface area contributed by atoms with E-state index in [9.17, 15) is 0 Å². The highest BCUT2D eigenvalue weighted by Gasteiger charge is 1.95. The van der Waals surface area contributed by atoms with Crippen LogP contribution in [0.2, 0.25) is 0 Å². The van der Waals surface area contributed by atoms with Gasteiger partial charge in [-0.2, -0.15) is 0 Å². The van der Waals surface area contributed by atoms with Crippen LogP contribution in [0.15, 0.2) is 18.2 Å². The smallest absolute Gasteiger partial charge is 0.140 e. The largest absolute Gasteiger partial charge is 0.375 e. The third kappa shape index (κ3) is 3.40. The van der Waals surface area contributed by atoms with Crippen molar-refractivity contribution < 1.29 is 4.74 Å². The van der Waals surface area contributed by atoms with E-state index < -0.39 is 0 Å². The molecule has 4 nitrogen and oxygen atoms in total. The fourth-order valence-electron chi connectivity index (χ4n) is 0.961. The predicted molar refractivity (Wildman–Crippen MR) is 52.0 cm³/mol. The van der Waals surface area contributed by atoms with E-state index in [0.29, 0.717) is 12.4 Å². The van der Waals surface area contributed by atoms with Crippen molar-refractivity contribution >= 4 is 5.82 Å². The summed E-state index contributed by atoms with van der Waals surface area (Å²) in [7, 11) is 0. The molecule has 0 aliphatic carbocycles. The molecule has 13 heavy (non-hydrogen) atoms. The summed E-state index contributed by atoms with van der Waals surface area (Å²) in [4.78, 5) is 4.20. The summed E-state index contributed by atoms with van der Waals surface area (Å²) < 4.78 is 5.34. The second kappa shape index (κ2) is 5.50. The summed E-state index contributed by atoms with van der Waals surface area (Å²) in [5, 5.41) is 0. The predicted octanol–water partition coefficient (Wildman–Crippen LogP) is 1.29. The number of nitrogens with one attached hydrogen (secondary N) is 1. The van der Waals surface area contributed by atoms with Gasteiger partial charge in [0.1, 0.15) is 5.82 Å². The highest BCUT2D eigenvalue weighted by molar-refractivity contribution is 5.33. The maximum Gasteiger partial charge on any atom is 0.140 e. The van der Waals surface area contributed by atoms with E-state index >= 15 is 0 Å². The van der Waals surface area contributed by atoms with Crippen molar-refractivity contribution in [2.24, 2.45) is 5.84 Å². The molecule has 0 fully saturated rings. The van der Waals surface area contributed by atoms with Crippen LogP contribution in [0.1, 0.15) is 19.0 Å². The maximum absolute atomic E-state index is 5.34. The summed E-state index contributed by atoms with van der Waals surface area (Å²) >= 11 is 0. The molecule has 0 saturated heterocycles. The Balaban J connectivity index is 2.46. The van der Waals surface area contributed by atoms with Crippen molar-refractivity contribution in [3.05, 3.63) is 23.9 Å². The fourth-order valence-corrected chi connectivity index (χ4v) is 0.961. The third-order valence-corrected chi connectivity index (χ3v) is 1.55. The molecule has 0 spiro atoms. The molecule has 1 rings (SSSR count). The van der Waals surface area contributed by atoms with E-state index in [2.05, 4.69) is 17.3 Å². The van der Waals surface area contributed by atoms with Gasteiger partial charge in [-0.3, -0.25) is 0 Å². The first-order chi connectivity index (χ1) is 6.36. The molecular formula is C9H15N3O. The van der Waals surface area contributed by atoms with Crippen LogP contribution in [0, 0.1) is 0 Å². The number of ether oxygens (including phenoxy) is 1. The molecule has 0 aromatic carbocycles. The third-order valence-electron chi connectivity index (χ3n) is 1.55. The molecule has 0 bridgehead atoms. The molecule has 3 N–H and O–H groups in total. The number of nitrogens with two attached hydrogens (primary N) is 1. The van der Waals surface area contributed by atoms with Crippen LogP contribution in [0.25, 0.3) is 0 Å². The molecule has 1 aromatic heterocycles. The quantitative estimate of drug-likeness (QED) is 0.408. The van der Waals surface area contributed by atoms with Gasteiger partial charge < -0.3 is 10.2 Å². The number of hydrogen-bond acceptors (Lipinski definition) is 4. The minimum absolute atomic E-state index is 0.545. The number of rotatable bonds is 5. The summed E-state index contributed by atoms with van der Waals surface area (Å²) in [5.74, 6) is 5.88. The zero-order chi connectivity index (χ0) is 9.52. The number of hydrazine groups is 1. The molecule has 0 aliphatic heterocycles. The van der Waals surface area contributed by atoms with Crippen LogP contribution >= 0.6 is 0 Å². The number of anilines is 1. The standard InChI is InChI=1S/C9H15N3O/c1-2-6-13-7-8-4-3-5-9(11-8)12-10/h3-5H,2,6-7,10H2,1H3,(H,11,12). The SMILES string of the molecule is CCCOCc1cccc(NN)n1. The number of pyridine rings is 1. The van der Waals surface area contributed by atoms with Gasteiger partial charge in [0.15, 0.2) is 0 Å². The Labute approximate surface area is 78.1 Å². The first-order valence-electron chi connectivity index (χ1n) is 4.37. The summed E-state index contributed by atoms with van der Waals surface area (Å²) in [6.45, 7) is 3.39. The normalized spacial score (nSPS) is 10.0. The molecule has 0 saturated carbocycles. The minimum Gasteiger partial charge on any atom is -0.375 e. The lowest BCUT2D eigenvalue weighted by atomic mass is 10.3. The van der Waals surface area contributed by atoms with Crippen LogP contribution in [0.3, 0.4) is 0 Å². The van der Waals surface area contributed by atoms with Crippen molar-refractivity contribution in [3.63, 3.8) is 0 Å². The molecule has 0 unspecified atom stereocenters. The van der Waals surface area contributed by atoms with Gasteiger partial charge in [-0.25, -0.2) is 10.8 Å². The highest BCUT2D eigenvalue weighted by Crippen LogP contribution is 2.04. The number of nitrogen functional groups attached to an aromatic ring is 1. The topological polar surface area (TPSA) is 60.2 Å². The second-order valence-electron chi connectivity index (χ2n) is 2.71. The molecule has 0 radical (unpaired) electrons. The van der Waals surface area contributed by atoms with Crippen molar-refractivity contribution in [1.82, 2.24) is 4.98 Å². The average molecular weight is 181 g/mol. The fraction of sp³-hybridized carbons (Fsp3) is 0.444. The minimum atomic E-state index is 0.545. The first-order valence-corrected chi connectivity index (χ1v) is 4.37. The Morgan fingerprint density at radius 2 is 2.38 bits per heavy atom. The van der Waals surface area contributed by atoms with Gasteiger partial charge in [0.05, 0.1) is 12.3 Å². The summed E-state index contributed by atoms with van der Waals surface area (Å²) in [6.07, 6.45) is 1.02. The van der Waals surface area contributed by atoms with Gasteiger partial charge in [0.2, 0.25) is 0 Å². The highest BCUT2D eigenvalue weighted by atomic mass is 16.5. The van der Waals surface area contributed by atoms with Crippen molar-refractivity contribution in [3.8, 4) is 0 Å². The molecule has 1 heterocycles. The average Bonchev–Trinajstić information content (AvgIpc) is 2.19. The van der Waals surface area contributed by atoms with Gasteiger partial charge >= 0.3 is 0 Å². The van der Waals surface area contributed by atoms with Crippen molar-refractivity contribution in [1.29, 1.82) is 0 Å². The van der Waals surface area contributed by atoms with E-state index in [1.807, 2.05) is 18.2 Å².